The van der Waals surface area contributed by atoms with E-state index in [1.165, 1.54) is 0 Å². The van der Waals surface area contributed by atoms with Crippen LogP contribution < -0.4 is 9.47 Å². The van der Waals surface area contributed by atoms with E-state index in [0.29, 0.717) is 17.2 Å². The molecule has 0 amide bonds. The first-order valence-corrected chi connectivity index (χ1v) is 9.00. The van der Waals surface area contributed by atoms with E-state index in [2.05, 4.69) is 17.1 Å². The van der Waals surface area contributed by atoms with Gasteiger partial charge in [0.1, 0.15) is 23.2 Å². The Kier molecular flexibility index (Phi) is 4.73. The molecule has 2 atom stereocenters. The number of para-hydroxylation sites is 1. The van der Waals surface area contributed by atoms with Crippen molar-refractivity contribution in [3.05, 3.63) is 59.5 Å². The molecule has 144 valence electrons. The molecule has 1 aliphatic rings. The topological polar surface area (TPSA) is 83.7 Å². The maximum Gasteiger partial charge on any atom is 0.342 e. The van der Waals surface area contributed by atoms with Crippen molar-refractivity contribution in [2.75, 3.05) is 7.11 Å². The van der Waals surface area contributed by atoms with Crippen molar-refractivity contribution in [2.45, 2.75) is 32.5 Å². The molecule has 0 saturated heterocycles. The third kappa shape index (κ3) is 3.31. The Morgan fingerprint density at radius 3 is 2.64 bits per heavy atom. The molecule has 28 heavy (non-hydrogen) atoms. The fraction of sp³-hybridized carbons (Fsp3) is 0.286. The zero-order valence-corrected chi connectivity index (χ0v) is 15.8. The smallest absolute Gasteiger partial charge is 0.342 e. The number of methoxy groups -OCH3 is 1. The number of benzene rings is 2. The van der Waals surface area contributed by atoms with Crippen LogP contribution in [0.4, 0.5) is 0 Å². The van der Waals surface area contributed by atoms with Crippen molar-refractivity contribution in [1.82, 2.24) is 10.2 Å². The molecule has 1 aromatic heterocycles. The molecule has 2 unspecified atom stereocenters. The lowest BCUT2D eigenvalue weighted by molar-refractivity contribution is 0.0433. The van der Waals surface area contributed by atoms with Crippen molar-refractivity contribution in [3.8, 4) is 23.0 Å². The van der Waals surface area contributed by atoms with Gasteiger partial charge in [0.25, 0.3) is 5.89 Å². The van der Waals surface area contributed by atoms with E-state index in [1.807, 2.05) is 31.2 Å². The van der Waals surface area contributed by atoms with Crippen LogP contribution in [-0.4, -0.2) is 29.4 Å². The summed E-state index contributed by atoms with van der Waals surface area (Å²) in [4.78, 5) is 12.5. The van der Waals surface area contributed by atoms with Crippen LogP contribution >= 0.6 is 0 Å². The molecule has 2 aromatic carbocycles. The highest BCUT2D eigenvalue weighted by molar-refractivity contribution is 5.93. The van der Waals surface area contributed by atoms with E-state index in [9.17, 15) is 4.79 Å². The zero-order chi connectivity index (χ0) is 19.7. The maximum atomic E-state index is 12.5. The Hall–Kier alpha value is -3.35. The van der Waals surface area contributed by atoms with Gasteiger partial charge in [0.05, 0.1) is 7.11 Å². The van der Waals surface area contributed by atoms with Gasteiger partial charge < -0.3 is 18.6 Å². The summed E-state index contributed by atoms with van der Waals surface area (Å²) < 4.78 is 21.9. The number of fused-ring (bicyclic) bond motifs is 1. The monoisotopic (exact) mass is 380 g/mol. The van der Waals surface area contributed by atoms with Crippen molar-refractivity contribution in [3.63, 3.8) is 0 Å². The minimum atomic E-state index is -0.484. The Morgan fingerprint density at radius 1 is 1.11 bits per heavy atom. The van der Waals surface area contributed by atoms with Gasteiger partial charge >= 0.3 is 5.97 Å². The number of esters is 1. The number of hydrogen-bond donors (Lipinski definition) is 0. The molecule has 0 aliphatic carbocycles. The Bertz CT molecular complexity index is 996. The second kappa shape index (κ2) is 7.34. The molecule has 0 N–H and O–H groups in total. The number of ether oxygens (including phenoxy) is 3. The lowest BCUT2D eigenvalue weighted by atomic mass is 9.97. The van der Waals surface area contributed by atoms with Crippen LogP contribution in [0.1, 0.15) is 41.6 Å². The van der Waals surface area contributed by atoms with E-state index in [0.717, 1.165) is 16.9 Å². The first-order chi connectivity index (χ1) is 13.6. The fourth-order valence-corrected chi connectivity index (χ4v) is 3.11. The molecule has 0 radical (unpaired) electrons. The average molecular weight is 380 g/mol. The first-order valence-electron chi connectivity index (χ1n) is 9.00. The third-order valence-corrected chi connectivity index (χ3v) is 4.89. The number of carbonyl (C=O) groups excluding carboxylic acids is 1. The van der Waals surface area contributed by atoms with Gasteiger partial charge in [0.15, 0.2) is 6.61 Å². The van der Waals surface area contributed by atoms with Crippen LogP contribution in [0.25, 0.3) is 11.5 Å². The largest absolute Gasteiger partial charge is 0.497 e. The van der Waals surface area contributed by atoms with Crippen LogP contribution in [0.15, 0.2) is 46.9 Å². The summed E-state index contributed by atoms with van der Waals surface area (Å²) in [6.45, 7) is 3.94. The molecule has 0 saturated carbocycles. The van der Waals surface area contributed by atoms with Gasteiger partial charge in [-0.25, -0.2) is 4.79 Å². The van der Waals surface area contributed by atoms with E-state index in [-0.39, 0.29) is 24.5 Å². The molecule has 7 nitrogen and oxygen atoms in total. The third-order valence-electron chi connectivity index (χ3n) is 4.89. The molecule has 4 rings (SSSR count). The first kappa shape index (κ1) is 18.0. The SMILES string of the molecule is COc1ccc(-c2nnc(COC(=O)c3cccc4c3OC(C)C4C)o2)cc1. The number of rotatable bonds is 5. The van der Waals surface area contributed by atoms with Gasteiger partial charge in [0, 0.05) is 17.0 Å². The molecule has 7 heteroatoms. The quantitative estimate of drug-likeness (QED) is 0.619. The summed E-state index contributed by atoms with van der Waals surface area (Å²) in [7, 11) is 1.60. The highest BCUT2D eigenvalue weighted by Crippen LogP contribution is 2.40. The summed E-state index contributed by atoms with van der Waals surface area (Å²) in [5.74, 6) is 1.64. The molecule has 2 heterocycles. The van der Waals surface area contributed by atoms with Crippen LogP contribution in [0, 0.1) is 0 Å². The predicted octanol–water partition coefficient (Wildman–Crippen LogP) is 3.99. The minimum Gasteiger partial charge on any atom is -0.497 e. The maximum absolute atomic E-state index is 12.5. The lowest BCUT2D eigenvalue weighted by Crippen LogP contribution is -2.11. The summed E-state index contributed by atoms with van der Waals surface area (Å²) in [6.07, 6.45) is 0.0203. The fourth-order valence-electron chi connectivity index (χ4n) is 3.11. The predicted molar refractivity (Wildman–Crippen MR) is 100 cm³/mol. The van der Waals surface area contributed by atoms with E-state index < -0.39 is 5.97 Å². The summed E-state index contributed by atoms with van der Waals surface area (Å²) >= 11 is 0. The highest BCUT2D eigenvalue weighted by atomic mass is 16.5. The standard InChI is InChI=1S/C21H20N2O5/c1-12-13(2)27-19-16(12)5-4-6-17(19)21(24)26-11-18-22-23-20(28-18)14-7-9-15(25-3)10-8-14/h4-10,12-13H,11H2,1-3H3. The molecule has 0 fully saturated rings. The zero-order valence-electron chi connectivity index (χ0n) is 15.8. The van der Waals surface area contributed by atoms with Crippen LogP contribution in [0.5, 0.6) is 11.5 Å². The summed E-state index contributed by atoms with van der Waals surface area (Å²) in [6, 6.07) is 12.7. The molecule has 1 aliphatic heterocycles. The van der Waals surface area contributed by atoms with Gasteiger partial charge in [-0.2, -0.15) is 0 Å². The van der Waals surface area contributed by atoms with Crippen LogP contribution in [0.3, 0.4) is 0 Å². The van der Waals surface area contributed by atoms with Crippen LogP contribution in [-0.2, 0) is 11.3 Å². The summed E-state index contributed by atoms with van der Waals surface area (Å²) in [5.41, 5.74) is 2.17. The molecule has 3 aromatic rings. The van der Waals surface area contributed by atoms with Crippen molar-refractivity contribution in [2.24, 2.45) is 0 Å². The molecule has 0 bridgehead atoms. The van der Waals surface area contributed by atoms with E-state index in [4.69, 9.17) is 18.6 Å². The van der Waals surface area contributed by atoms with E-state index >= 15 is 0 Å². The average Bonchev–Trinajstić information content (AvgIpc) is 3.31. The van der Waals surface area contributed by atoms with E-state index in [1.54, 1.807) is 25.3 Å². The Balaban J connectivity index is 1.44. The Morgan fingerprint density at radius 2 is 1.89 bits per heavy atom. The molecular formula is C21H20N2O5. The van der Waals surface area contributed by atoms with Gasteiger partial charge in [0.2, 0.25) is 5.89 Å². The number of carbonyl (C=O) groups is 1. The highest BCUT2D eigenvalue weighted by Gasteiger charge is 2.31. The number of hydrogen-bond acceptors (Lipinski definition) is 7. The Labute approximate surface area is 162 Å². The van der Waals surface area contributed by atoms with Gasteiger partial charge in [-0.05, 0) is 37.3 Å². The van der Waals surface area contributed by atoms with Gasteiger partial charge in [-0.15, -0.1) is 10.2 Å². The molecular weight excluding hydrogens is 360 g/mol. The summed E-state index contributed by atoms with van der Waals surface area (Å²) in [5, 5.41) is 7.94. The van der Waals surface area contributed by atoms with Crippen molar-refractivity contribution in [1.29, 1.82) is 0 Å². The van der Waals surface area contributed by atoms with Crippen molar-refractivity contribution < 1.29 is 23.4 Å². The number of aromatic nitrogens is 2. The van der Waals surface area contributed by atoms with Crippen LogP contribution in [0.2, 0.25) is 0 Å². The van der Waals surface area contributed by atoms with Gasteiger partial charge in [-0.1, -0.05) is 19.1 Å². The molecule has 0 spiro atoms. The van der Waals surface area contributed by atoms with Crippen molar-refractivity contribution >= 4 is 5.97 Å². The minimum absolute atomic E-state index is 0.0203. The second-order valence-electron chi connectivity index (χ2n) is 6.64. The normalized spacial score (nSPS) is 17.7. The lowest BCUT2D eigenvalue weighted by Gasteiger charge is -2.08. The number of nitrogens with zero attached hydrogens (tertiary/aromatic N) is 2. The van der Waals surface area contributed by atoms with Gasteiger partial charge in [-0.3, -0.25) is 0 Å². The second-order valence-corrected chi connectivity index (χ2v) is 6.64.